The van der Waals surface area contributed by atoms with E-state index in [9.17, 15) is 13.2 Å². The predicted octanol–water partition coefficient (Wildman–Crippen LogP) is 3.73. The van der Waals surface area contributed by atoms with E-state index >= 15 is 0 Å². The number of pyridine rings is 1. The molecule has 0 aliphatic rings. The summed E-state index contributed by atoms with van der Waals surface area (Å²) >= 11 is 0.954. The molecule has 11 heteroatoms. The number of amides is 2. The van der Waals surface area contributed by atoms with Crippen LogP contribution in [0.25, 0.3) is 0 Å². The van der Waals surface area contributed by atoms with Crippen LogP contribution in [0, 0.1) is 6.92 Å². The molecule has 32 heavy (non-hydrogen) atoms. The average molecular weight is 476 g/mol. The van der Waals surface area contributed by atoms with Gasteiger partial charge >= 0.3 is 6.03 Å². The highest BCUT2D eigenvalue weighted by molar-refractivity contribution is 7.91. The molecule has 0 atom stereocenters. The highest BCUT2D eigenvalue weighted by Gasteiger charge is 2.28. The molecule has 2 aromatic heterocycles. The van der Waals surface area contributed by atoms with Crippen LogP contribution in [0.1, 0.15) is 18.2 Å². The van der Waals surface area contributed by atoms with Crippen molar-refractivity contribution in [3.05, 3.63) is 60.0 Å². The third kappa shape index (κ3) is 5.42. The lowest BCUT2D eigenvalue weighted by Gasteiger charge is -2.20. The van der Waals surface area contributed by atoms with Gasteiger partial charge in [-0.05, 0) is 49.7 Å². The Morgan fingerprint density at radius 2 is 1.91 bits per heavy atom. The lowest BCUT2D eigenvalue weighted by molar-refractivity contribution is 0.256. The van der Waals surface area contributed by atoms with Gasteiger partial charge in [0.05, 0.1) is 18.8 Å². The van der Waals surface area contributed by atoms with Crippen molar-refractivity contribution in [1.29, 1.82) is 0 Å². The number of aromatic nitrogens is 2. The molecule has 9 nitrogen and oxygen atoms in total. The molecule has 0 bridgehead atoms. The van der Waals surface area contributed by atoms with E-state index in [1.807, 2.05) is 13.0 Å². The van der Waals surface area contributed by atoms with Crippen LogP contribution in [0.3, 0.4) is 0 Å². The van der Waals surface area contributed by atoms with E-state index in [2.05, 4.69) is 15.3 Å². The summed E-state index contributed by atoms with van der Waals surface area (Å²) < 4.78 is 32.0. The number of carbonyl (C=O) groups excluding carboxylic acids is 1. The van der Waals surface area contributed by atoms with E-state index in [4.69, 9.17) is 4.74 Å². The summed E-state index contributed by atoms with van der Waals surface area (Å²) in [6, 6.07) is 10.2. The molecule has 0 fully saturated rings. The number of urea groups is 1. The van der Waals surface area contributed by atoms with E-state index in [1.54, 1.807) is 49.6 Å². The largest absolute Gasteiger partial charge is 0.494 e. The molecule has 0 saturated carbocycles. The van der Waals surface area contributed by atoms with Gasteiger partial charge in [0.25, 0.3) is 10.0 Å². The molecule has 0 aliphatic carbocycles. The second-order valence-electron chi connectivity index (χ2n) is 6.99. The number of carbonyl (C=O) groups is 1. The lowest BCUT2D eigenvalue weighted by Crippen LogP contribution is -2.34. The number of ether oxygens (including phenoxy) is 1. The van der Waals surface area contributed by atoms with Crippen molar-refractivity contribution in [3.8, 4) is 5.75 Å². The summed E-state index contributed by atoms with van der Waals surface area (Å²) in [6.45, 7) is 4.23. The van der Waals surface area contributed by atoms with Crippen molar-refractivity contribution in [2.75, 3.05) is 30.9 Å². The second kappa shape index (κ2) is 10.1. The molecule has 0 radical (unpaired) electrons. The Labute approximate surface area is 191 Å². The van der Waals surface area contributed by atoms with Crippen LogP contribution >= 0.6 is 11.3 Å². The first-order chi connectivity index (χ1) is 15.2. The molecule has 1 N–H and O–H groups in total. The highest BCUT2D eigenvalue weighted by atomic mass is 32.2. The van der Waals surface area contributed by atoms with Crippen molar-refractivity contribution in [2.45, 2.75) is 24.6 Å². The van der Waals surface area contributed by atoms with Crippen molar-refractivity contribution in [3.63, 3.8) is 0 Å². The maximum atomic E-state index is 13.2. The minimum Gasteiger partial charge on any atom is -0.494 e. The SMILES string of the molecule is CCOc1ccc(NC(=O)N(Cc2cccnc2)c2nc(C)c(S(=O)(=O)N(C)C)s2)cc1. The first-order valence-corrected chi connectivity index (χ1v) is 12.1. The maximum Gasteiger partial charge on any atom is 0.328 e. The monoisotopic (exact) mass is 475 g/mol. The lowest BCUT2D eigenvalue weighted by atomic mass is 10.2. The third-order valence-corrected chi connectivity index (χ3v) is 8.00. The molecule has 2 amide bonds. The van der Waals surface area contributed by atoms with Crippen molar-refractivity contribution < 1.29 is 17.9 Å². The fourth-order valence-electron chi connectivity index (χ4n) is 2.78. The van der Waals surface area contributed by atoms with Gasteiger partial charge in [0.15, 0.2) is 9.34 Å². The summed E-state index contributed by atoms with van der Waals surface area (Å²) in [4.78, 5) is 23.1. The van der Waals surface area contributed by atoms with Crippen LogP contribution in [0.4, 0.5) is 15.6 Å². The van der Waals surface area contributed by atoms with Crippen LogP contribution < -0.4 is 15.0 Å². The Morgan fingerprint density at radius 3 is 2.50 bits per heavy atom. The van der Waals surface area contributed by atoms with Gasteiger partial charge in [-0.1, -0.05) is 17.4 Å². The zero-order valence-electron chi connectivity index (χ0n) is 18.3. The van der Waals surface area contributed by atoms with E-state index in [-0.39, 0.29) is 15.9 Å². The molecular formula is C21H25N5O4S2. The Morgan fingerprint density at radius 1 is 1.19 bits per heavy atom. The van der Waals surface area contributed by atoms with Gasteiger partial charge in [-0.2, -0.15) is 0 Å². The number of hydrogen-bond donors (Lipinski definition) is 1. The number of nitrogens with zero attached hydrogens (tertiary/aromatic N) is 4. The first kappa shape index (κ1) is 23.6. The summed E-state index contributed by atoms with van der Waals surface area (Å²) in [7, 11) is -0.766. The normalized spacial score (nSPS) is 11.4. The maximum absolute atomic E-state index is 13.2. The van der Waals surface area contributed by atoms with E-state index < -0.39 is 16.1 Å². The summed E-state index contributed by atoms with van der Waals surface area (Å²) in [5.74, 6) is 0.701. The van der Waals surface area contributed by atoms with Gasteiger partial charge in [-0.3, -0.25) is 9.88 Å². The molecule has 0 saturated heterocycles. The molecule has 3 rings (SSSR count). The minimum absolute atomic E-state index is 0.0996. The van der Waals surface area contributed by atoms with E-state index in [0.29, 0.717) is 23.7 Å². The molecule has 3 aromatic rings. The molecule has 0 unspecified atom stereocenters. The molecular weight excluding hydrogens is 450 g/mol. The number of benzene rings is 1. The molecule has 170 valence electrons. The fourth-order valence-corrected chi connectivity index (χ4v) is 5.42. The average Bonchev–Trinajstić information content (AvgIpc) is 3.16. The Kier molecular flexibility index (Phi) is 7.44. The van der Waals surface area contributed by atoms with Gasteiger partial charge in [0.2, 0.25) is 0 Å². The smallest absolute Gasteiger partial charge is 0.328 e. The number of hydrogen-bond acceptors (Lipinski definition) is 7. The number of sulfonamides is 1. The molecule has 0 spiro atoms. The van der Waals surface area contributed by atoms with Gasteiger partial charge < -0.3 is 10.1 Å². The predicted molar refractivity (Wildman–Crippen MR) is 125 cm³/mol. The standard InChI is InChI=1S/C21H25N5O4S2/c1-5-30-18-10-8-17(9-11-18)24-20(27)26(14-16-7-6-12-22-13-16)21-23-15(2)19(31-21)32(28,29)25(3)4/h6-13H,5,14H2,1-4H3,(H,24,27). The third-order valence-electron chi connectivity index (χ3n) is 4.41. The minimum atomic E-state index is -3.68. The summed E-state index contributed by atoms with van der Waals surface area (Å²) in [5, 5.41) is 3.11. The molecule has 0 aliphatic heterocycles. The first-order valence-electron chi connectivity index (χ1n) is 9.82. The number of rotatable bonds is 8. The van der Waals surface area contributed by atoms with Gasteiger partial charge in [-0.15, -0.1) is 0 Å². The van der Waals surface area contributed by atoms with Crippen molar-refractivity contribution in [2.24, 2.45) is 0 Å². The number of anilines is 2. The second-order valence-corrected chi connectivity index (χ2v) is 10.3. The summed E-state index contributed by atoms with van der Waals surface area (Å²) in [5.41, 5.74) is 1.69. The number of nitrogens with one attached hydrogen (secondary N) is 1. The van der Waals surface area contributed by atoms with Crippen LogP contribution in [0.2, 0.25) is 0 Å². The zero-order valence-corrected chi connectivity index (χ0v) is 19.9. The van der Waals surface area contributed by atoms with Gasteiger partial charge in [0, 0.05) is 32.2 Å². The fraction of sp³-hybridized carbons (Fsp3) is 0.286. The van der Waals surface area contributed by atoms with Crippen molar-refractivity contribution >= 4 is 38.2 Å². The number of thiazole rings is 1. The molecule has 2 heterocycles. The summed E-state index contributed by atoms with van der Waals surface area (Å²) in [6.07, 6.45) is 3.29. The van der Waals surface area contributed by atoms with Crippen LogP contribution in [-0.2, 0) is 16.6 Å². The van der Waals surface area contributed by atoms with Crippen LogP contribution in [-0.4, -0.2) is 49.4 Å². The Bertz CT molecular complexity index is 1160. The van der Waals surface area contributed by atoms with Gasteiger partial charge in [-0.25, -0.2) is 22.5 Å². The topological polar surface area (TPSA) is 105 Å². The quantitative estimate of drug-likeness (QED) is 0.532. The van der Waals surface area contributed by atoms with Gasteiger partial charge in [0.1, 0.15) is 5.75 Å². The zero-order chi connectivity index (χ0) is 23.3. The van der Waals surface area contributed by atoms with E-state index in [1.165, 1.54) is 19.0 Å². The highest BCUT2D eigenvalue weighted by Crippen LogP contribution is 2.32. The van der Waals surface area contributed by atoms with Crippen LogP contribution in [0.5, 0.6) is 5.75 Å². The van der Waals surface area contributed by atoms with Crippen LogP contribution in [0.15, 0.2) is 53.0 Å². The number of aryl methyl sites for hydroxylation is 1. The van der Waals surface area contributed by atoms with Crippen molar-refractivity contribution in [1.82, 2.24) is 14.3 Å². The molecule has 1 aromatic carbocycles. The Balaban J connectivity index is 1.93. The Hall–Kier alpha value is -3.02. The van der Waals surface area contributed by atoms with E-state index in [0.717, 1.165) is 21.2 Å².